The minimum absolute atomic E-state index is 0.0243. The van der Waals surface area contributed by atoms with E-state index in [0.717, 1.165) is 11.1 Å². The summed E-state index contributed by atoms with van der Waals surface area (Å²) in [6.45, 7) is 7.31. The molecule has 0 aliphatic carbocycles. The molecule has 0 unspecified atom stereocenters. The molecule has 0 saturated heterocycles. The summed E-state index contributed by atoms with van der Waals surface area (Å²) in [5.41, 5.74) is 3.29. The normalized spacial score (nSPS) is 13.7. The average Bonchev–Trinajstić information content (AvgIpc) is 3.10. The van der Waals surface area contributed by atoms with Crippen LogP contribution in [0.4, 0.5) is 5.69 Å². The van der Waals surface area contributed by atoms with E-state index in [0.29, 0.717) is 16.8 Å². The van der Waals surface area contributed by atoms with Gasteiger partial charge in [0, 0.05) is 16.8 Å². The van der Waals surface area contributed by atoms with Crippen molar-refractivity contribution in [3.63, 3.8) is 0 Å². The number of rotatable bonds is 6. The third-order valence-corrected chi connectivity index (χ3v) is 5.11. The van der Waals surface area contributed by atoms with Gasteiger partial charge in [-0.2, -0.15) is 0 Å². The maximum absolute atomic E-state index is 12.4. The van der Waals surface area contributed by atoms with Crippen LogP contribution in [0, 0.1) is 0 Å². The molecule has 1 heterocycles. The zero-order valence-corrected chi connectivity index (χ0v) is 18.1. The molecule has 2 N–H and O–H groups in total. The van der Waals surface area contributed by atoms with Crippen molar-refractivity contribution >= 4 is 29.3 Å². The Morgan fingerprint density at radius 3 is 2.35 bits per heavy atom. The fourth-order valence-corrected chi connectivity index (χ4v) is 3.21. The fraction of sp³-hybridized carbons (Fsp3) is 0.333. The lowest BCUT2D eigenvalue weighted by Gasteiger charge is -2.19. The highest BCUT2D eigenvalue weighted by Gasteiger charge is 2.22. The molecule has 0 bridgehead atoms. The van der Waals surface area contributed by atoms with Gasteiger partial charge < -0.3 is 15.4 Å². The minimum atomic E-state index is -0.913. The summed E-state index contributed by atoms with van der Waals surface area (Å²) < 4.78 is 5.08. The third kappa shape index (κ3) is 5.36. The molecular formula is C24H26N2O5. The van der Waals surface area contributed by atoms with Crippen LogP contribution in [0.25, 0.3) is 0 Å². The summed E-state index contributed by atoms with van der Waals surface area (Å²) in [6, 6.07) is 11.1. The van der Waals surface area contributed by atoms with E-state index < -0.39 is 24.5 Å². The molecule has 0 spiro atoms. The Bertz CT molecular complexity index is 1030. The lowest BCUT2D eigenvalue weighted by Crippen LogP contribution is -2.40. The van der Waals surface area contributed by atoms with Crippen molar-refractivity contribution in [2.24, 2.45) is 0 Å². The number of nitrogens with one attached hydrogen (secondary N) is 2. The zero-order chi connectivity index (χ0) is 22.8. The Morgan fingerprint density at radius 2 is 1.71 bits per heavy atom. The molecule has 0 radical (unpaired) electrons. The number of hydrogen-bond donors (Lipinski definition) is 2. The van der Waals surface area contributed by atoms with E-state index in [1.54, 1.807) is 30.3 Å². The number of benzene rings is 2. The molecule has 0 fully saturated rings. The van der Waals surface area contributed by atoms with Gasteiger partial charge in [0.25, 0.3) is 5.91 Å². The van der Waals surface area contributed by atoms with Crippen molar-refractivity contribution in [3.05, 3.63) is 64.7 Å². The highest BCUT2D eigenvalue weighted by molar-refractivity contribution is 6.03. The summed E-state index contributed by atoms with van der Waals surface area (Å²) in [4.78, 5) is 48.4. The second-order valence-electron chi connectivity index (χ2n) is 8.65. The lowest BCUT2D eigenvalue weighted by molar-refractivity contribution is -0.144. The summed E-state index contributed by atoms with van der Waals surface area (Å²) in [7, 11) is 0. The number of hydrogen-bond acceptors (Lipinski definition) is 5. The second-order valence-corrected chi connectivity index (χ2v) is 8.65. The SMILES string of the molecule is C[C@H](NC(=O)c1ccc(C(C)(C)C)cc1)C(=O)OCC(=O)c1ccc2c(c1)CC(=O)N2. The maximum Gasteiger partial charge on any atom is 0.328 e. The van der Waals surface area contributed by atoms with Crippen LogP contribution in [0.5, 0.6) is 0 Å². The predicted molar refractivity (Wildman–Crippen MR) is 116 cm³/mol. The van der Waals surface area contributed by atoms with E-state index in [1.165, 1.54) is 6.92 Å². The standard InChI is InChI=1S/C24H26N2O5/c1-14(25-22(29)15-5-8-18(9-6-15)24(2,3)4)23(30)31-13-20(27)16-7-10-19-17(11-16)12-21(28)26-19/h5-11,14H,12-13H2,1-4H3,(H,25,29)(H,26,28)/t14-/m0/s1. The number of carbonyl (C=O) groups excluding carboxylic acids is 4. The van der Waals surface area contributed by atoms with Gasteiger partial charge in [-0.3, -0.25) is 14.4 Å². The van der Waals surface area contributed by atoms with E-state index in [2.05, 4.69) is 31.4 Å². The van der Waals surface area contributed by atoms with Crippen molar-refractivity contribution in [2.75, 3.05) is 11.9 Å². The van der Waals surface area contributed by atoms with Crippen molar-refractivity contribution in [1.29, 1.82) is 0 Å². The van der Waals surface area contributed by atoms with Crippen molar-refractivity contribution in [3.8, 4) is 0 Å². The minimum Gasteiger partial charge on any atom is -0.456 e. The fourth-order valence-electron chi connectivity index (χ4n) is 3.21. The van der Waals surface area contributed by atoms with Gasteiger partial charge in [-0.25, -0.2) is 4.79 Å². The highest BCUT2D eigenvalue weighted by Crippen LogP contribution is 2.24. The number of esters is 1. The Hall–Kier alpha value is -3.48. The summed E-state index contributed by atoms with van der Waals surface area (Å²) in [5, 5.41) is 5.28. The summed E-state index contributed by atoms with van der Waals surface area (Å²) in [6.07, 6.45) is 0.218. The Balaban J connectivity index is 1.52. The molecular weight excluding hydrogens is 396 g/mol. The van der Waals surface area contributed by atoms with Gasteiger partial charge in [0.1, 0.15) is 6.04 Å². The molecule has 1 atom stereocenters. The number of fused-ring (bicyclic) bond motifs is 1. The molecule has 7 heteroatoms. The van der Waals surface area contributed by atoms with Gasteiger partial charge in [0.2, 0.25) is 5.91 Å². The molecule has 2 aromatic rings. The van der Waals surface area contributed by atoms with Crippen LogP contribution in [0.2, 0.25) is 0 Å². The molecule has 3 rings (SSSR count). The average molecular weight is 422 g/mol. The monoisotopic (exact) mass is 422 g/mol. The molecule has 1 aliphatic rings. The summed E-state index contributed by atoms with van der Waals surface area (Å²) in [5.74, 6) is -1.60. The molecule has 0 saturated carbocycles. The second kappa shape index (κ2) is 8.71. The quantitative estimate of drug-likeness (QED) is 0.550. The third-order valence-electron chi connectivity index (χ3n) is 5.11. The van der Waals surface area contributed by atoms with Gasteiger partial charge in [0.15, 0.2) is 12.4 Å². The van der Waals surface area contributed by atoms with Crippen LogP contribution in [-0.4, -0.2) is 36.2 Å². The Labute approximate surface area is 181 Å². The molecule has 0 aromatic heterocycles. The number of amides is 2. The Kier molecular flexibility index (Phi) is 6.24. The van der Waals surface area contributed by atoms with Crippen molar-refractivity contribution < 1.29 is 23.9 Å². The number of Topliss-reactive ketones (excluding diaryl/α,β-unsaturated/α-hetero) is 1. The molecule has 7 nitrogen and oxygen atoms in total. The Morgan fingerprint density at radius 1 is 1.06 bits per heavy atom. The summed E-state index contributed by atoms with van der Waals surface area (Å²) >= 11 is 0. The topological polar surface area (TPSA) is 102 Å². The van der Waals surface area contributed by atoms with Crippen LogP contribution in [-0.2, 0) is 26.2 Å². The van der Waals surface area contributed by atoms with Crippen LogP contribution < -0.4 is 10.6 Å². The van der Waals surface area contributed by atoms with Crippen LogP contribution >= 0.6 is 0 Å². The number of ether oxygens (including phenoxy) is 1. The first-order valence-electron chi connectivity index (χ1n) is 10.1. The van der Waals surface area contributed by atoms with Crippen LogP contribution in [0.3, 0.4) is 0 Å². The largest absolute Gasteiger partial charge is 0.456 e. The number of ketones is 1. The van der Waals surface area contributed by atoms with E-state index in [1.807, 2.05) is 12.1 Å². The lowest BCUT2D eigenvalue weighted by atomic mass is 9.86. The first kappa shape index (κ1) is 22.2. The van der Waals surface area contributed by atoms with Gasteiger partial charge >= 0.3 is 5.97 Å². The van der Waals surface area contributed by atoms with E-state index >= 15 is 0 Å². The van der Waals surface area contributed by atoms with Crippen LogP contribution in [0.1, 0.15) is 59.5 Å². The predicted octanol–water partition coefficient (Wildman–Crippen LogP) is 3.02. The zero-order valence-electron chi connectivity index (χ0n) is 18.1. The van der Waals surface area contributed by atoms with Crippen molar-refractivity contribution in [1.82, 2.24) is 5.32 Å². The first-order valence-corrected chi connectivity index (χ1v) is 10.1. The van der Waals surface area contributed by atoms with Gasteiger partial charge in [-0.15, -0.1) is 0 Å². The van der Waals surface area contributed by atoms with Gasteiger partial charge in [-0.05, 0) is 53.8 Å². The number of carbonyl (C=O) groups is 4. The molecule has 162 valence electrons. The van der Waals surface area contributed by atoms with Gasteiger partial charge in [0.05, 0.1) is 6.42 Å². The van der Waals surface area contributed by atoms with Gasteiger partial charge in [-0.1, -0.05) is 32.9 Å². The van der Waals surface area contributed by atoms with E-state index in [9.17, 15) is 19.2 Å². The smallest absolute Gasteiger partial charge is 0.328 e. The highest BCUT2D eigenvalue weighted by atomic mass is 16.5. The molecule has 1 aliphatic heterocycles. The molecule has 31 heavy (non-hydrogen) atoms. The van der Waals surface area contributed by atoms with E-state index in [-0.39, 0.29) is 23.5 Å². The molecule has 2 amide bonds. The first-order chi connectivity index (χ1) is 14.5. The van der Waals surface area contributed by atoms with Crippen molar-refractivity contribution in [2.45, 2.75) is 45.6 Å². The number of anilines is 1. The molecule has 2 aromatic carbocycles. The van der Waals surface area contributed by atoms with E-state index in [4.69, 9.17) is 4.74 Å². The maximum atomic E-state index is 12.4. The van der Waals surface area contributed by atoms with Crippen LogP contribution in [0.15, 0.2) is 42.5 Å².